The van der Waals surface area contributed by atoms with Crippen molar-refractivity contribution >= 4 is 5.91 Å². The number of ether oxygens (including phenoxy) is 1. The van der Waals surface area contributed by atoms with E-state index in [9.17, 15) is 4.79 Å². The van der Waals surface area contributed by atoms with Crippen LogP contribution >= 0.6 is 0 Å². The molecule has 0 aromatic heterocycles. The smallest absolute Gasteiger partial charge is 0.253 e. The van der Waals surface area contributed by atoms with Crippen LogP contribution in [0.4, 0.5) is 0 Å². The molecule has 2 aromatic rings. The number of rotatable bonds is 5. The molecule has 0 heterocycles. The van der Waals surface area contributed by atoms with Gasteiger partial charge in [0.25, 0.3) is 5.91 Å². The zero-order chi connectivity index (χ0) is 14.4. The van der Waals surface area contributed by atoms with Gasteiger partial charge in [-0.1, -0.05) is 30.3 Å². The first-order valence-electron chi connectivity index (χ1n) is 6.67. The number of likely N-dealkylation sites (N-methyl/N-ethyl adjacent to an activating group) is 1. The molecule has 20 heavy (non-hydrogen) atoms. The standard InChI is InChI=1S/C17H19NO2/c1-14-7-6-10-16(13-14)20-12-11-18(2)17(19)15-8-4-3-5-9-15/h3-10,13H,11-12H2,1-2H3. The predicted octanol–water partition coefficient (Wildman–Crippen LogP) is 3.15. The lowest BCUT2D eigenvalue weighted by atomic mass is 10.2. The van der Waals surface area contributed by atoms with Gasteiger partial charge in [0.05, 0.1) is 6.54 Å². The number of carbonyl (C=O) groups is 1. The molecule has 0 unspecified atom stereocenters. The van der Waals surface area contributed by atoms with Crippen molar-refractivity contribution in [2.45, 2.75) is 6.92 Å². The molecule has 0 N–H and O–H groups in total. The molecule has 0 saturated carbocycles. The van der Waals surface area contributed by atoms with Crippen molar-refractivity contribution in [3.05, 3.63) is 65.7 Å². The lowest BCUT2D eigenvalue weighted by Gasteiger charge is -2.17. The first-order chi connectivity index (χ1) is 9.66. The van der Waals surface area contributed by atoms with E-state index in [4.69, 9.17) is 4.74 Å². The Morgan fingerprint density at radius 1 is 1.10 bits per heavy atom. The van der Waals surface area contributed by atoms with Gasteiger partial charge in [0.2, 0.25) is 0 Å². The first kappa shape index (κ1) is 14.1. The summed E-state index contributed by atoms with van der Waals surface area (Å²) in [5, 5.41) is 0. The fourth-order valence-corrected chi connectivity index (χ4v) is 1.91. The molecule has 3 nitrogen and oxygen atoms in total. The Hall–Kier alpha value is -2.29. The quantitative estimate of drug-likeness (QED) is 0.834. The van der Waals surface area contributed by atoms with E-state index >= 15 is 0 Å². The van der Waals surface area contributed by atoms with Gasteiger partial charge in [-0.2, -0.15) is 0 Å². The minimum absolute atomic E-state index is 0.0124. The molecule has 0 radical (unpaired) electrons. The minimum atomic E-state index is 0.0124. The van der Waals surface area contributed by atoms with E-state index in [2.05, 4.69) is 0 Å². The maximum absolute atomic E-state index is 12.1. The maximum atomic E-state index is 12.1. The molecule has 104 valence electrons. The normalized spacial score (nSPS) is 10.1. The van der Waals surface area contributed by atoms with Crippen LogP contribution in [0.3, 0.4) is 0 Å². The molecule has 0 aliphatic heterocycles. The molecule has 0 aliphatic rings. The van der Waals surface area contributed by atoms with Crippen LogP contribution < -0.4 is 4.74 Å². The van der Waals surface area contributed by atoms with Gasteiger partial charge in [-0.15, -0.1) is 0 Å². The molecule has 2 aromatic carbocycles. The zero-order valence-corrected chi connectivity index (χ0v) is 11.9. The molecular formula is C17H19NO2. The third-order valence-electron chi connectivity index (χ3n) is 3.05. The highest BCUT2D eigenvalue weighted by Gasteiger charge is 2.10. The Morgan fingerprint density at radius 2 is 1.85 bits per heavy atom. The van der Waals surface area contributed by atoms with Crippen molar-refractivity contribution in [2.75, 3.05) is 20.2 Å². The largest absolute Gasteiger partial charge is 0.492 e. The van der Waals surface area contributed by atoms with E-state index < -0.39 is 0 Å². The summed E-state index contributed by atoms with van der Waals surface area (Å²) in [6.07, 6.45) is 0. The monoisotopic (exact) mass is 269 g/mol. The fraction of sp³-hybridized carbons (Fsp3) is 0.235. The molecule has 0 bridgehead atoms. The number of carbonyl (C=O) groups excluding carboxylic acids is 1. The zero-order valence-electron chi connectivity index (χ0n) is 11.9. The van der Waals surface area contributed by atoms with Crippen molar-refractivity contribution in [1.29, 1.82) is 0 Å². The van der Waals surface area contributed by atoms with Gasteiger partial charge in [-0.25, -0.2) is 0 Å². The Balaban J connectivity index is 1.83. The van der Waals surface area contributed by atoms with E-state index in [-0.39, 0.29) is 5.91 Å². The van der Waals surface area contributed by atoms with Crippen molar-refractivity contribution in [2.24, 2.45) is 0 Å². The van der Waals surface area contributed by atoms with Gasteiger partial charge in [-0.3, -0.25) is 4.79 Å². The Bertz CT molecular complexity index is 566. The van der Waals surface area contributed by atoms with Gasteiger partial charge >= 0.3 is 0 Å². The topological polar surface area (TPSA) is 29.5 Å². The minimum Gasteiger partial charge on any atom is -0.492 e. The molecule has 0 saturated heterocycles. The van der Waals surface area contributed by atoms with Crippen LogP contribution in [0, 0.1) is 6.92 Å². The van der Waals surface area contributed by atoms with E-state index in [0.29, 0.717) is 18.7 Å². The SMILES string of the molecule is Cc1cccc(OCCN(C)C(=O)c2ccccc2)c1. The second-order valence-corrected chi connectivity index (χ2v) is 4.76. The first-order valence-corrected chi connectivity index (χ1v) is 6.67. The third-order valence-corrected chi connectivity index (χ3v) is 3.05. The highest BCUT2D eigenvalue weighted by Crippen LogP contribution is 2.12. The molecule has 1 amide bonds. The summed E-state index contributed by atoms with van der Waals surface area (Å²) in [6.45, 7) is 3.07. The van der Waals surface area contributed by atoms with Gasteiger partial charge < -0.3 is 9.64 Å². The molecule has 0 aliphatic carbocycles. The number of benzene rings is 2. The Morgan fingerprint density at radius 3 is 2.55 bits per heavy atom. The van der Waals surface area contributed by atoms with Gasteiger partial charge in [0.1, 0.15) is 12.4 Å². The summed E-state index contributed by atoms with van der Waals surface area (Å²) in [5.74, 6) is 0.851. The third kappa shape index (κ3) is 3.85. The van der Waals surface area contributed by atoms with E-state index in [1.807, 2.05) is 61.5 Å². The molecule has 3 heteroatoms. The summed E-state index contributed by atoms with van der Waals surface area (Å²) in [6, 6.07) is 17.2. The lowest BCUT2D eigenvalue weighted by Crippen LogP contribution is -2.30. The van der Waals surface area contributed by atoms with Crippen molar-refractivity contribution in [3.63, 3.8) is 0 Å². The van der Waals surface area contributed by atoms with Crippen LogP contribution in [0.5, 0.6) is 5.75 Å². The number of aryl methyl sites for hydroxylation is 1. The van der Waals surface area contributed by atoms with E-state index in [1.54, 1.807) is 11.9 Å². The summed E-state index contributed by atoms with van der Waals surface area (Å²) in [5.41, 5.74) is 1.86. The van der Waals surface area contributed by atoms with Crippen molar-refractivity contribution in [1.82, 2.24) is 4.90 Å². The van der Waals surface area contributed by atoms with Gasteiger partial charge in [0, 0.05) is 12.6 Å². The van der Waals surface area contributed by atoms with E-state index in [1.165, 1.54) is 0 Å². The van der Waals surface area contributed by atoms with Crippen LogP contribution in [0.25, 0.3) is 0 Å². The molecule has 0 atom stereocenters. The predicted molar refractivity (Wildman–Crippen MR) is 80.1 cm³/mol. The van der Waals surface area contributed by atoms with E-state index in [0.717, 1.165) is 11.3 Å². The van der Waals surface area contributed by atoms with Crippen LogP contribution in [0.1, 0.15) is 15.9 Å². The molecule has 0 spiro atoms. The summed E-state index contributed by atoms with van der Waals surface area (Å²) >= 11 is 0. The van der Waals surface area contributed by atoms with Crippen LogP contribution in [-0.4, -0.2) is 31.0 Å². The van der Waals surface area contributed by atoms with Crippen LogP contribution in [-0.2, 0) is 0 Å². The fourth-order valence-electron chi connectivity index (χ4n) is 1.91. The van der Waals surface area contributed by atoms with Gasteiger partial charge in [0.15, 0.2) is 0 Å². The Kier molecular flexibility index (Phi) is 4.77. The van der Waals surface area contributed by atoms with Crippen LogP contribution in [0.15, 0.2) is 54.6 Å². The highest BCUT2D eigenvalue weighted by molar-refractivity contribution is 5.93. The average molecular weight is 269 g/mol. The van der Waals surface area contributed by atoms with Gasteiger partial charge in [-0.05, 0) is 36.8 Å². The number of hydrogen-bond donors (Lipinski definition) is 0. The highest BCUT2D eigenvalue weighted by atomic mass is 16.5. The molecular weight excluding hydrogens is 250 g/mol. The molecule has 0 fully saturated rings. The van der Waals surface area contributed by atoms with Crippen LogP contribution in [0.2, 0.25) is 0 Å². The number of nitrogens with zero attached hydrogens (tertiary/aromatic N) is 1. The second kappa shape index (κ2) is 6.75. The average Bonchev–Trinajstić information content (AvgIpc) is 2.47. The number of hydrogen-bond acceptors (Lipinski definition) is 2. The number of amides is 1. The molecule has 2 rings (SSSR count). The maximum Gasteiger partial charge on any atom is 0.253 e. The summed E-state index contributed by atoms with van der Waals surface area (Å²) < 4.78 is 5.65. The lowest BCUT2D eigenvalue weighted by molar-refractivity contribution is 0.0774. The summed E-state index contributed by atoms with van der Waals surface area (Å²) in [4.78, 5) is 13.8. The Labute approximate surface area is 119 Å². The van der Waals surface area contributed by atoms with Crippen molar-refractivity contribution < 1.29 is 9.53 Å². The van der Waals surface area contributed by atoms with Crippen molar-refractivity contribution in [3.8, 4) is 5.75 Å². The summed E-state index contributed by atoms with van der Waals surface area (Å²) in [7, 11) is 1.79. The second-order valence-electron chi connectivity index (χ2n) is 4.76.